The Kier molecular flexibility index (Phi) is 4.67. The van der Waals surface area contributed by atoms with Crippen LogP contribution in [0.1, 0.15) is 24.3 Å². The van der Waals surface area contributed by atoms with E-state index in [-0.39, 0.29) is 30.4 Å². The van der Waals surface area contributed by atoms with Gasteiger partial charge in [0, 0.05) is 19.3 Å². The molecule has 0 spiro atoms. The van der Waals surface area contributed by atoms with Crippen LogP contribution in [-0.2, 0) is 14.3 Å². The molecule has 1 aliphatic rings. The van der Waals surface area contributed by atoms with E-state index >= 15 is 0 Å². The second kappa shape index (κ2) is 6.28. The van der Waals surface area contributed by atoms with Crippen molar-refractivity contribution in [2.75, 3.05) is 19.7 Å². The number of aromatic nitrogens is 1. The Morgan fingerprint density at radius 3 is 2.65 bits per heavy atom. The molecule has 2 atom stereocenters. The summed E-state index contributed by atoms with van der Waals surface area (Å²) < 4.78 is 10.5. The SMILES string of the molecule is C[C@H]1CN(C(=O)COC(=O)c2cc(Cl)c[nH]2)C[C@H](C)O1. The van der Waals surface area contributed by atoms with Crippen molar-refractivity contribution in [3.05, 3.63) is 23.0 Å². The molecule has 0 aliphatic carbocycles. The summed E-state index contributed by atoms with van der Waals surface area (Å²) in [6.45, 7) is 4.55. The minimum atomic E-state index is -0.598. The molecule has 2 rings (SSSR count). The van der Waals surface area contributed by atoms with Gasteiger partial charge in [0.2, 0.25) is 0 Å². The maximum atomic E-state index is 12.0. The van der Waals surface area contributed by atoms with Gasteiger partial charge in [-0.3, -0.25) is 4.79 Å². The number of esters is 1. The fourth-order valence-corrected chi connectivity index (χ4v) is 2.33. The molecule has 7 heteroatoms. The lowest BCUT2D eigenvalue weighted by atomic mass is 10.2. The molecule has 6 nitrogen and oxygen atoms in total. The van der Waals surface area contributed by atoms with E-state index in [0.29, 0.717) is 18.1 Å². The maximum Gasteiger partial charge on any atom is 0.355 e. The number of nitrogens with one attached hydrogen (secondary N) is 1. The summed E-state index contributed by atoms with van der Waals surface area (Å²) in [7, 11) is 0. The predicted molar refractivity (Wildman–Crippen MR) is 72.7 cm³/mol. The summed E-state index contributed by atoms with van der Waals surface area (Å²) in [6.07, 6.45) is 1.45. The summed E-state index contributed by atoms with van der Waals surface area (Å²) in [5, 5.41) is 0.416. The molecule has 1 aromatic rings. The van der Waals surface area contributed by atoms with Gasteiger partial charge >= 0.3 is 5.97 Å². The molecule has 20 heavy (non-hydrogen) atoms. The number of halogens is 1. The molecule has 1 amide bonds. The van der Waals surface area contributed by atoms with Crippen LogP contribution in [0.4, 0.5) is 0 Å². The van der Waals surface area contributed by atoms with Crippen LogP contribution in [0.15, 0.2) is 12.3 Å². The molecular formula is C13H17ClN2O4. The molecule has 1 saturated heterocycles. The molecule has 0 bridgehead atoms. The van der Waals surface area contributed by atoms with E-state index in [1.165, 1.54) is 12.3 Å². The summed E-state index contributed by atoms with van der Waals surface area (Å²) in [4.78, 5) is 28.0. The molecule has 1 fully saturated rings. The summed E-state index contributed by atoms with van der Waals surface area (Å²) >= 11 is 5.69. The fourth-order valence-electron chi connectivity index (χ4n) is 2.16. The Morgan fingerprint density at radius 2 is 2.10 bits per heavy atom. The second-order valence-electron chi connectivity index (χ2n) is 4.86. The first-order valence-electron chi connectivity index (χ1n) is 6.40. The van der Waals surface area contributed by atoms with Crippen LogP contribution in [0.25, 0.3) is 0 Å². The van der Waals surface area contributed by atoms with Crippen LogP contribution in [-0.4, -0.2) is 53.7 Å². The van der Waals surface area contributed by atoms with E-state index in [0.717, 1.165) is 0 Å². The number of amides is 1. The highest BCUT2D eigenvalue weighted by Crippen LogP contribution is 2.12. The summed E-state index contributed by atoms with van der Waals surface area (Å²) in [5.74, 6) is -0.822. The van der Waals surface area contributed by atoms with Crippen LogP contribution >= 0.6 is 11.6 Å². The minimum Gasteiger partial charge on any atom is -0.451 e. The monoisotopic (exact) mass is 300 g/mol. The molecule has 0 aromatic carbocycles. The quantitative estimate of drug-likeness (QED) is 0.858. The molecular weight excluding hydrogens is 284 g/mol. The van der Waals surface area contributed by atoms with Crippen molar-refractivity contribution in [1.29, 1.82) is 0 Å². The normalized spacial score (nSPS) is 22.6. The number of aromatic amines is 1. The van der Waals surface area contributed by atoms with Crippen LogP contribution in [0, 0.1) is 0 Å². The predicted octanol–water partition coefficient (Wildman–Crippen LogP) is 1.46. The highest BCUT2D eigenvalue weighted by molar-refractivity contribution is 6.30. The van der Waals surface area contributed by atoms with Gasteiger partial charge in [-0.15, -0.1) is 0 Å². The zero-order valence-electron chi connectivity index (χ0n) is 11.4. The van der Waals surface area contributed by atoms with Gasteiger partial charge in [0.05, 0.1) is 17.2 Å². The second-order valence-corrected chi connectivity index (χ2v) is 5.30. The van der Waals surface area contributed by atoms with E-state index in [9.17, 15) is 9.59 Å². The Balaban J connectivity index is 1.84. The van der Waals surface area contributed by atoms with Crippen molar-refractivity contribution in [1.82, 2.24) is 9.88 Å². The smallest absolute Gasteiger partial charge is 0.355 e. The van der Waals surface area contributed by atoms with Crippen LogP contribution in [0.3, 0.4) is 0 Å². The third kappa shape index (κ3) is 3.74. The first kappa shape index (κ1) is 14.9. The first-order valence-corrected chi connectivity index (χ1v) is 6.77. The Hall–Kier alpha value is -1.53. The van der Waals surface area contributed by atoms with Crippen molar-refractivity contribution in [2.45, 2.75) is 26.1 Å². The largest absolute Gasteiger partial charge is 0.451 e. The van der Waals surface area contributed by atoms with E-state index in [1.54, 1.807) is 4.90 Å². The van der Waals surface area contributed by atoms with E-state index < -0.39 is 5.97 Å². The molecule has 1 aliphatic heterocycles. The zero-order chi connectivity index (χ0) is 14.7. The van der Waals surface area contributed by atoms with E-state index in [4.69, 9.17) is 21.1 Å². The number of nitrogens with zero attached hydrogens (tertiary/aromatic N) is 1. The number of rotatable bonds is 3. The van der Waals surface area contributed by atoms with Crippen LogP contribution in [0.5, 0.6) is 0 Å². The number of hydrogen-bond donors (Lipinski definition) is 1. The number of H-pyrrole nitrogens is 1. The molecule has 1 N–H and O–H groups in total. The third-order valence-corrected chi connectivity index (χ3v) is 3.18. The standard InChI is InChI=1S/C13H17ClN2O4/c1-8-5-16(6-9(2)20-8)12(17)7-19-13(18)11-3-10(14)4-15-11/h3-4,8-9,15H,5-7H2,1-2H3/t8-,9-/m0/s1. The third-order valence-electron chi connectivity index (χ3n) is 2.97. The molecule has 0 unspecified atom stereocenters. The van der Waals surface area contributed by atoms with Gasteiger partial charge in [0.15, 0.2) is 6.61 Å². The fraction of sp³-hybridized carbons (Fsp3) is 0.538. The lowest BCUT2D eigenvalue weighted by Gasteiger charge is -2.35. The number of carbonyl (C=O) groups excluding carboxylic acids is 2. The van der Waals surface area contributed by atoms with Crippen LogP contribution in [0.2, 0.25) is 5.02 Å². The molecule has 110 valence electrons. The van der Waals surface area contributed by atoms with Crippen molar-refractivity contribution in [3.8, 4) is 0 Å². The van der Waals surface area contributed by atoms with Crippen molar-refractivity contribution in [3.63, 3.8) is 0 Å². The van der Waals surface area contributed by atoms with Crippen LogP contribution < -0.4 is 0 Å². The van der Waals surface area contributed by atoms with Gasteiger partial charge in [-0.05, 0) is 19.9 Å². The lowest BCUT2D eigenvalue weighted by molar-refractivity contribution is -0.146. The zero-order valence-corrected chi connectivity index (χ0v) is 12.1. The number of ether oxygens (including phenoxy) is 2. The Bertz CT molecular complexity index is 492. The van der Waals surface area contributed by atoms with E-state index in [2.05, 4.69) is 4.98 Å². The van der Waals surface area contributed by atoms with Crippen molar-refractivity contribution >= 4 is 23.5 Å². The molecule has 1 aromatic heterocycles. The minimum absolute atomic E-state index is 0.0133. The van der Waals surface area contributed by atoms with E-state index in [1.807, 2.05) is 13.8 Å². The molecule has 0 saturated carbocycles. The van der Waals surface area contributed by atoms with Gasteiger partial charge in [0.25, 0.3) is 5.91 Å². The highest BCUT2D eigenvalue weighted by atomic mass is 35.5. The van der Waals surface area contributed by atoms with Crippen molar-refractivity contribution < 1.29 is 19.1 Å². The average Bonchev–Trinajstić information content (AvgIpc) is 2.81. The lowest BCUT2D eigenvalue weighted by Crippen LogP contribution is -2.49. The number of carbonyl (C=O) groups is 2. The Morgan fingerprint density at radius 1 is 1.45 bits per heavy atom. The molecule has 2 heterocycles. The first-order chi connectivity index (χ1) is 9.45. The molecule has 0 radical (unpaired) electrons. The van der Waals surface area contributed by atoms with Gasteiger partial charge in [-0.2, -0.15) is 0 Å². The average molecular weight is 301 g/mol. The van der Waals surface area contributed by atoms with Gasteiger partial charge in [0.1, 0.15) is 5.69 Å². The maximum absolute atomic E-state index is 12.0. The van der Waals surface area contributed by atoms with Gasteiger partial charge in [-0.1, -0.05) is 11.6 Å². The Labute approximate surface area is 122 Å². The van der Waals surface area contributed by atoms with Gasteiger partial charge in [-0.25, -0.2) is 4.79 Å². The summed E-state index contributed by atoms with van der Waals surface area (Å²) in [5.41, 5.74) is 0.228. The van der Waals surface area contributed by atoms with Crippen molar-refractivity contribution in [2.24, 2.45) is 0 Å². The number of morpholine rings is 1. The summed E-state index contributed by atoms with van der Waals surface area (Å²) in [6, 6.07) is 1.45. The number of hydrogen-bond acceptors (Lipinski definition) is 4. The van der Waals surface area contributed by atoms with Gasteiger partial charge < -0.3 is 19.4 Å². The topological polar surface area (TPSA) is 71.6 Å². The highest BCUT2D eigenvalue weighted by Gasteiger charge is 2.26.